The van der Waals surface area contributed by atoms with Crippen LogP contribution in [0.3, 0.4) is 0 Å². The first-order chi connectivity index (χ1) is 35.5. The summed E-state index contributed by atoms with van der Waals surface area (Å²) < 4.78 is 23.7. The van der Waals surface area contributed by atoms with Crippen molar-refractivity contribution in [3.63, 3.8) is 0 Å². The van der Waals surface area contributed by atoms with E-state index in [2.05, 4.69) is 116 Å². The van der Waals surface area contributed by atoms with Gasteiger partial charge in [-0.2, -0.15) is 0 Å². The molecule has 0 aromatic carbocycles. The van der Waals surface area contributed by atoms with E-state index in [9.17, 15) is 19.4 Å². The van der Waals surface area contributed by atoms with Gasteiger partial charge in [0, 0.05) is 6.42 Å². The fraction of sp³-hybridized carbons (Fsp3) is 0.703. The molecule has 0 fully saturated rings. The standard InChI is InChI=1S/C64H113N2O6P/c1-6-8-10-12-14-16-18-20-22-24-25-26-27-28-29-30-31-32-33-34-35-36-37-38-39-40-41-42-44-46-48-50-52-54-56-58-64(68)65-62(61-72-73(69,70)71-60-59-66(3,4)5)63(67)57-55-53-51-49-47-45-43-23-21-19-17-15-13-11-9-7-2/h8,10,14,16,20,22,25-26,28-29,31-32,34-35,37-38,55,57,62-63,67H,6-7,9,11-13,15,17-19,21,23-24,27,30,33,36,39-54,56,58-61H2,1-5H3,(H-,65,68,69,70)/p+1/b10-8-,16-14-,22-20-,26-25-,29-28-,32-31-,35-34-,38-37-,57-55+. The van der Waals surface area contributed by atoms with E-state index in [-0.39, 0.29) is 19.1 Å². The number of allylic oxidation sites excluding steroid dienone is 17. The van der Waals surface area contributed by atoms with Gasteiger partial charge < -0.3 is 19.8 Å². The van der Waals surface area contributed by atoms with E-state index >= 15 is 0 Å². The third-order valence-electron chi connectivity index (χ3n) is 12.7. The highest BCUT2D eigenvalue weighted by Crippen LogP contribution is 2.43. The number of hydrogen-bond acceptors (Lipinski definition) is 5. The molecule has 9 heteroatoms. The number of aliphatic hydroxyl groups is 1. The predicted octanol–water partition coefficient (Wildman–Crippen LogP) is 18.4. The molecule has 3 atom stereocenters. The number of carbonyl (C=O) groups is 1. The first kappa shape index (κ1) is 70.2. The van der Waals surface area contributed by atoms with Crippen LogP contribution in [0.1, 0.15) is 239 Å². The lowest BCUT2D eigenvalue weighted by atomic mass is 10.0. The molecule has 8 nitrogen and oxygen atoms in total. The number of likely N-dealkylation sites (N-methyl/N-ethyl adjacent to an activating group) is 1. The van der Waals surface area contributed by atoms with E-state index in [4.69, 9.17) is 9.05 Å². The molecular weight excluding hydrogens is 924 g/mol. The summed E-state index contributed by atoms with van der Waals surface area (Å²) in [5.74, 6) is -0.185. The van der Waals surface area contributed by atoms with Crippen LogP contribution in [0.4, 0.5) is 0 Å². The van der Waals surface area contributed by atoms with Crippen LogP contribution < -0.4 is 5.32 Å². The Morgan fingerprint density at radius 1 is 0.479 bits per heavy atom. The molecule has 0 saturated carbocycles. The van der Waals surface area contributed by atoms with Gasteiger partial charge in [-0.1, -0.05) is 258 Å². The Morgan fingerprint density at radius 3 is 1.21 bits per heavy atom. The van der Waals surface area contributed by atoms with Crippen molar-refractivity contribution in [3.8, 4) is 0 Å². The Hall–Kier alpha value is -2.84. The maximum absolute atomic E-state index is 13.0. The number of rotatable bonds is 53. The summed E-state index contributed by atoms with van der Waals surface area (Å²) in [7, 11) is 1.56. The maximum atomic E-state index is 13.0. The second kappa shape index (κ2) is 54.0. The van der Waals surface area contributed by atoms with E-state index in [0.717, 1.165) is 96.3 Å². The fourth-order valence-corrected chi connectivity index (χ4v) is 8.85. The number of phosphoric acid groups is 1. The second-order valence-corrected chi connectivity index (χ2v) is 22.4. The highest BCUT2D eigenvalue weighted by atomic mass is 31.2. The molecule has 0 saturated heterocycles. The van der Waals surface area contributed by atoms with Crippen molar-refractivity contribution in [2.45, 2.75) is 251 Å². The molecule has 0 aromatic rings. The quantitative estimate of drug-likeness (QED) is 0.0243. The number of nitrogens with one attached hydrogen (secondary N) is 1. The molecule has 0 aliphatic rings. The molecule has 3 N–H and O–H groups in total. The van der Waals surface area contributed by atoms with Gasteiger partial charge in [-0.25, -0.2) is 4.57 Å². The van der Waals surface area contributed by atoms with Crippen LogP contribution in [0.15, 0.2) is 109 Å². The first-order valence-electron chi connectivity index (χ1n) is 29.8. The van der Waals surface area contributed by atoms with Crippen LogP contribution in [-0.4, -0.2) is 73.4 Å². The number of unbranched alkanes of at least 4 members (excludes halogenated alkanes) is 24. The van der Waals surface area contributed by atoms with Crippen molar-refractivity contribution in [2.75, 3.05) is 40.9 Å². The lowest BCUT2D eigenvalue weighted by Crippen LogP contribution is -2.45. The molecule has 0 rings (SSSR count). The third kappa shape index (κ3) is 56.7. The average Bonchev–Trinajstić information content (AvgIpc) is 3.35. The van der Waals surface area contributed by atoms with Crippen molar-refractivity contribution in [3.05, 3.63) is 109 Å². The minimum atomic E-state index is -4.35. The van der Waals surface area contributed by atoms with Gasteiger partial charge >= 0.3 is 7.82 Å². The average molecular weight is 1040 g/mol. The second-order valence-electron chi connectivity index (χ2n) is 21.0. The maximum Gasteiger partial charge on any atom is 0.472 e. The molecule has 0 bridgehead atoms. The number of phosphoric ester groups is 1. The van der Waals surface area contributed by atoms with Crippen LogP contribution in [0.25, 0.3) is 0 Å². The van der Waals surface area contributed by atoms with Gasteiger partial charge in [0.2, 0.25) is 5.91 Å². The number of aliphatic hydroxyl groups excluding tert-OH is 1. The van der Waals surface area contributed by atoms with Crippen molar-refractivity contribution >= 4 is 13.7 Å². The fourth-order valence-electron chi connectivity index (χ4n) is 8.12. The molecule has 0 spiro atoms. The molecule has 0 heterocycles. The van der Waals surface area contributed by atoms with Crippen molar-refractivity contribution < 1.29 is 32.9 Å². The topological polar surface area (TPSA) is 105 Å². The molecule has 420 valence electrons. The zero-order valence-corrected chi connectivity index (χ0v) is 48.7. The summed E-state index contributed by atoms with van der Waals surface area (Å²) in [6.45, 7) is 4.70. The summed E-state index contributed by atoms with van der Waals surface area (Å²) in [5, 5.41) is 13.9. The SMILES string of the molecule is CC/C=C\C/C=C\C/C=C\C/C=C\C/C=C\C/C=C\C/C=C\C/C=C\CCCCCCCCCCCCC(=O)NC(COP(=O)(O)OCC[N+](C)(C)C)C(O)/C=C/CCCCCCCCCCCCCCCC. The van der Waals surface area contributed by atoms with Crippen LogP contribution in [-0.2, 0) is 18.4 Å². The summed E-state index contributed by atoms with van der Waals surface area (Å²) in [4.78, 5) is 23.3. The zero-order chi connectivity index (χ0) is 53.5. The van der Waals surface area contributed by atoms with Gasteiger partial charge in [0.05, 0.1) is 39.9 Å². The Morgan fingerprint density at radius 2 is 0.822 bits per heavy atom. The number of hydrogen-bond donors (Lipinski definition) is 3. The van der Waals surface area contributed by atoms with Gasteiger partial charge in [-0.15, -0.1) is 0 Å². The van der Waals surface area contributed by atoms with Gasteiger partial charge in [0.15, 0.2) is 0 Å². The van der Waals surface area contributed by atoms with Gasteiger partial charge in [0.1, 0.15) is 13.2 Å². The lowest BCUT2D eigenvalue weighted by molar-refractivity contribution is -0.870. The van der Waals surface area contributed by atoms with Crippen LogP contribution in [0.2, 0.25) is 0 Å². The van der Waals surface area contributed by atoms with Crippen LogP contribution >= 0.6 is 7.82 Å². The largest absolute Gasteiger partial charge is 0.472 e. The van der Waals surface area contributed by atoms with E-state index in [1.165, 1.54) is 122 Å². The van der Waals surface area contributed by atoms with E-state index in [0.29, 0.717) is 17.4 Å². The van der Waals surface area contributed by atoms with Crippen LogP contribution in [0, 0.1) is 0 Å². The number of quaternary nitrogens is 1. The molecule has 73 heavy (non-hydrogen) atoms. The zero-order valence-electron chi connectivity index (χ0n) is 47.8. The van der Waals surface area contributed by atoms with Crippen molar-refractivity contribution in [1.29, 1.82) is 0 Å². The Labute approximate surface area is 451 Å². The summed E-state index contributed by atoms with van der Waals surface area (Å²) in [5.41, 5.74) is 0. The van der Waals surface area contributed by atoms with E-state index < -0.39 is 20.0 Å². The first-order valence-corrected chi connectivity index (χ1v) is 31.3. The van der Waals surface area contributed by atoms with Crippen molar-refractivity contribution in [2.24, 2.45) is 0 Å². The molecule has 3 unspecified atom stereocenters. The van der Waals surface area contributed by atoms with E-state index in [1.54, 1.807) is 6.08 Å². The predicted molar refractivity (Wildman–Crippen MR) is 318 cm³/mol. The molecular formula is C64H114N2O6P+. The van der Waals surface area contributed by atoms with Crippen LogP contribution in [0.5, 0.6) is 0 Å². The minimum Gasteiger partial charge on any atom is -0.387 e. The normalized spacial score (nSPS) is 14.7. The van der Waals surface area contributed by atoms with Gasteiger partial charge in [-0.05, 0) is 83.5 Å². The molecule has 1 amide bonds. The summed E-state index contributed by atoms with van der Waals surface area (Å²) in [6, 6.07) is -0.856. The third-order valence-corrected chi connectivity index (χ3v) is 13.7. The number of carbonyl (C=O) groups excluding carboxylic acids is 1. The Kier molecular flexibility index (Phi) is 51.9. The molecule has 0 aliphatic carbocycles. The lowest BCUT2D eigenvalue weighted by Gasteiger charge is -2.25. The Bertz CT molecular complexity index is 1550. The highest BCUT2D eigenvalue weighted by Gasteiger charge is 2.27. The minimum absolute atomic E-state index is 0.0561. The number of amides is 1. The molecule has 0 aliphatic heterocycles. The molecule has 0 radical (unpaired) electrons. The monoisotopic (exact) mass is 1040 g/mol. The smallest absolute Gasteiger partial charge is 0.387 e. The van der Waals surface area contributed by atoms with E-state index in [1.807, 2.05) is 27.2 Å². The van der Waals surface area contributed by atoms with Gasteiger partial charge in [0.25, 0.3) is 0 Å². The molecule has 0 aromatic heterocycles. The Balaban J connectivity index is 4.16. The number of nitrogens with zero attached hydrogens (tertiary/aromatic N) is 1. The summed E-state index contributed by atoms with van der Waals surface area (Å²) in [6.07, 6.45) is 79.0. The van der Waals surface area contributed by atoms with Crippen molar-refractivity contribution in [1.82, 2.24) is 5.32 Å². The highest BCUT2D eigenvalue weighted by molar-refractivity contribution is 7.47. The summed E-state index contributed by atoms with van der Waals surface area (Å²) >= 11 is 0. The van der Waals surface area contributed by atoms with Gasteiger partial charge in [-0.3, -0.25) is 13.8 Å².